The molecule has 1 unspecified atom stereocenters. The van der Waals surface area contributed by atoms with Crippen LogP contribution in [-0.2, 0) is 10.2 Å². The Hall–Kier alpha value is -0.770. The molecule has 2 aliphatic rings. The van der Waals surface area contributed by atoms with E-state index < -0.39 is 0 Å². The van der Waals surface area contributed by atoms with E-state index in [2.05, 4.69) is 10.6 Å². The maximum Gasteiger partial charge on any atom is 0.236 e. The van der Waals surface area contributed by atoms with Gasteiger partial charge in [-0.1, -0.05) is 11.6 Å². The molecule has 5 heteroatoms. The Morgan fingerprint density at radius 1 is 1.38 bits per heavy atom. The molecule has 2 N–H and O–H groups in total. The largest absolute Gasteiger partial charge is 0.325 e. The van der Waals surface area contributed by atoms with Crippen LogP contribution >= 0.6 is 24.0 Å². The highest BCUT2D eigenvalue weighted by Gasteiger charge is 2.48. The minimum atomic E-state index is -0.375. The van der Waals surface area contributed by atoms with Crippen molar-refractivity contribution in [1.82, 2.24) is 5.32 Å². The molecule has 0 aromatic heterocycles. The van der Waals surface area contributed by atoms with E-state index in [1.165, 1.54) is 0 Å². The van der Waals surface area contributed by atoms with Crippen LogP contribution in [0, 0.1) is 0 Å². The second-order valence-electron chi connectivity index (χ2n) is 4.15. The molecule has 0 radical (unpaired) electrons. The van der Waals surface area contributed by atoms with E-state index in [4.69, 9.17) is 11.6 Å². The van der Waals surface area contributed by atoms with E-state index in [1.54, 1.807) is 0 Å². The molecule has 2 aliphatic heterocycles. The van der Waals surface area contributed by atoms with Crippen molar-refractivity contribution in [3.8, 4) is 0 Å². The molecule has 0 bridgehead atoms. The Morgan fingerprint density at radius 3 is 2.88 bits per heavy atom. The zero-order chi connectivity index (χ0) is 10.5. The molecule has 1 aromatic carbocycles. The van der Waals surface area contributed by atoms with Crippen molar-refractivity contribution in [2.45, 2.75) is 11.8 Å². The summed E-state index contributed by atoms with van der Waals surface area (Å²) in [6, 6.07) is 5.59. The molecule has 1 aromatic rings. The first kappa shape index (κ1) is 11.7. The number of rotatable bonds is 0. The highest BCUT2D eigenvalue weighted by molar-refractivity contribution is 6.31. The van der Waals surface area contributed by atoms with Crippen LogP contribution in [0.4, 0.5) is 5.69 Å². The first-order valence-corrected chi connectivity index (χ1v) is 5.42. The standard InChI is InChI=1S/C11H11ClN2O.ClH/c12-7-1-2-9-8(5-7)11(10(15)14-9)3-4-13-6-11;/h1-2,5,13H,3-4,6H2,(H,14,15);1H. The number of anilines is 1. The van der Waals surface area contributed by atoms with E-state index in [0.717, 1.165) is 24.2 Å². The van der Waals surface area contributed by atoms with Gasteiger partial charge in [0.25, 0.3) is 0 Å². The van der Waals surface area contributed by atoms with Crippen LogP contribution in [0.25, 0.3) is 0 Å². The fraction of sp³-hybridized carbons (Fsp3) is 0.364. The van der Waals surface area contributed by atoms with Crippen molar-refractivity contribution in [3.05, 3.63) is 28.8 Å². The summed E-state index contributed by atoms with van der Waals surface area (Å²) in [5, 5.41) is 6.85. The minimum Gasteiger partial charge on any atom is -0.325 e. The number of carbonyl (C=O) groups excluding carboxylic acids is 1. The molecule has 86 valence electrons. The normalized spacial score (nSPS) is 26.4. The van der Waals surface area contributed by atoms with Gasteiger partial charge in [0.1, 0.15) is 0 Å². The SMILES string of the molecule is Cl.O=C1Nc2ccc(Cl)cc2C12CCNC2. The van der Waals surface area contributed by atoms with Gasteiger partial charge < -0.3 is 10.6 Å². The van der Waals surface area contributed by atoms with Crippen molar-refractivity contribution in [3.63, 3.8) is 0 Å². The summed E-state index contributed by atoms with van der Waals surface area (Å²) in [6.45, 7) is 1.60. The van der Waals surface area contributed by atoms with Crippen molar-refractivity contribution in [2.75, 3.05) is 18.4 Å². The van der Waals surface area contributed by atoms with Gasteiger partial charge in [0, 0.05) is 17.3 Å². The third kappa shape index (κ3) is 1.43. The summed E-state index contributed by atoms with van der Waals surface area (Å²) in [5.74, 6) is 0.102. The van der Waals surface area contributed by atoms with Crippen LogP contribution < -0.4 is 10.6 Å². The van der Waals surface area contributed by atoms with Gasteiger partial charge in [0.05, 0.1) is 5.41 Å². The zero-order valence-corrected chi connectivity index (χ0v) is 10.1. The Kier molecular flexibility index (Phi) is 2.86. The number of nitrogens with one attached hydrogen (secondary N) is 2. The molecule has 3 rings (SSSR count). The topological polar surface area (TPSA) is 41.1 Å². The minimum absolute atomic E-state index is 0. The van der Waals surface area contributed by atoms with E-state index in [1.807, 2.05) is 18.2 Å². The second kappa shape index (κ2) is 3.91. The molecule has 1 atom stereocenters. The van der Waals surface area contributed by atoms with Gasteiger partial charge in [-0.3, -0.25) is 4.79 Å². The lowest BCUT2D eigenvalue weighted by Crippen LogP contribution is -2.36. The monoisotopic (exact) mass is 258 g/mol. The quantitative estimate of drug-likeness (QED) is 0.747. The average Bonchev–Trinajstić information content (AvgIpc) is 2.78. The molecule has 0 aliphatic carbocycles. The molecular formula is C11H12Cl2N2O. The highest BCUT2D eigenvalue weighted by Crippen LogP contribution is 2.42. The predicted molar refractivity (Wildman–Crippen MR) is 66.5 cm³/mol. The third-order valence-electron chi connectivity index (χ3n) is 3.34. The van der Waals surface area contributed by atoms with Crippen molar-refractivity contribution >= 4 is 35.6 Å². The van der Waals surface area contributed by atoms with E-state index in [0.29, 0.717) is 11.6 Å². The molecule has 3 nitrogen and oxygen atoms in total. The van der Waals surface area contributed by atoms with Crippen LogP contribution in [0.5, 0.6) is 0 Å². The second-order valence-corrected chi connectivity index (χ2v) is 4.59. The molecular weight excluding hydrogens is 247 g/mol. The van der Waals surface area contributed by atoms with Crippen molar-refractivity contribution < 1.29 is 4.79 Å². The lowest BCUT2D eigenvalue weighted by molar-refractivity contribution is -0.120. The fourth-order valence-corrected chi connectivity index (χ4v) is 2.67. The summed E-state index contributed by atoms with van der Waals surface area (Å²) < 4.78 is 0. The molecule has 0 saturated carbocycles. The van der Waals surface area contributed by atoms with Crippen LogP contribution in [0.2, 0.25) is 5.02 Å². The molecule has 1 spiro atoms. The van der Waals surface area contributed by atoms with Gasteiger partial charge >= 0.3 is 0 Å². The van der Waals surface area contributed by atoms with E-state index in [9.17, 15) is 4.79 Å². The van der Waals surface area contributed by atoms with Crippen LogP contribution in [0.15, 0.2) is 18.2 Å². The molecule has 1 fully saturated rings. The average molecular weight is 259 g/mol. The van der Waals surface area contributed by atoms with Gasteiger partial charge in [-0.25, -0.2) is 0 Å². The number of fused-ring (bicyclic) bond motifs is 2. The summed E-state index contributed by atoms with van der Waals surface area (Å²) in [7, 11) is 0. The Balaban J connectivity index is 0.000000963. The highest BCUT2D eigenvalue weighted by atomic mass is 35.5. The number of halogens is 2. The first-order valence-electron chi connectivity index (χ1n) is 5.05. The van der Waals surface area contributed by atoms with E-state index in [-0.39, 0.29) is 23.7 Å². The molecule has 1 amide bonds. The zero-order valence-electron chi connectivity index (χ0n) is 8.55. The molecule has 16 heavy (non-hydrogen) atoms. The number of carbonyl (C=O) groups is 1. The smallest absolute Gasteiger partial charge is 0.236 e. The Morgan fingerprint density at radius 2 is 2.19 bits per heavy atom. The third-order valence-corrected chi connectivity index (χ3v) is 3.57. The first-order chi connectivity index (χ1) is 7.22. The Labute approximate surface area is 105 Å². The van der Waals surface area contributed by atoms with Gasteiger partial charge in [-0.05, 0) is 36.7 Å². The fourth-order valence-electron chi connectivity index (χ4n) is 2.50. The molecule has 1 saturated heterocycles. The van der Waals surface area contributed by atoms with Gasteiger partial charge in [0.15, 0.2) is 0 Å². The van der Waals surface area contributed by atoms with Crippen molar-refractivity contribution in [2.24, 2.45) is 0 Å². The maximum absolute atomic E-state index is 12.0. The Bertz CT molecular complexity index is 442. The number of hydrogen-bond acceptors (Lipinski definition) is 2. The number of amides is 1. The lowest BCUT2D eigenvalue weighted by Gasteiger charge is -2.19. The van der Waals surface area contributed by atoms with Gasteiger partial charge in [-0.15, -0.1) is 12.4 Å². The summed E-state index contributed by atoms with van der Waals surface area (Å²) in [6.07, 6.45) is 0.853. The van der Waals surface area contributed by atoms with Gasteiger partial charge in [0.2, 0.25) is 5.91 Å². The van der Waals surface area contributed by atoms with Crippen molar-refractivity contribution in [1.29, 1.82) is 0 Å². The summed E-state index contributed by atoms with van der Waals surface area (Å²) in [5.41, 5.74) is 1.58. The van der Waals surface area contributed by atoms with Crippen LogP contribution in [0.3, 0.4) is 0 Å². The maximum atomic E-state index is 12.0. The number of hydrogen-bond donors (Lipinski definition) is 2. The van der Waals surface area contributed by atoms with Crippen LogP contribution in [-0.4, -0.2) is 19.0 Å². The van der Waals surface area contributed by atoms with Crippen LogP contribution in [0.1, 0.15) is 12.0 Å². The summed E-state index contributed by atoms with van der Waals surface area (Å²) >= 11 is 5.97. The van der Waals surface area contributed by atoms with Gasteiger partial charge in [-0.2, -0.15) is 0 Å². The predicted octanol–water partition coefficient (Wildman–Crippen LogP) is 1.94. The summed E-state index contributed by atoms with van der Waals surface area (Å²) in [4.78, 5) is 12.0. The van der Waals surface area contributed by atoms with E-state index >= 15 is 0 Å². The lowest BCUT2D eigenvalue weighted by atomic mass is 9.81. The number of benzene rings is 1. The molecule has 2 heterocycles.